The number of nitrogens with zero attached hydrogens (tertiary/aromatic N) is 2. The molecule has 6 nitrogen and oxygen atoms in total. The Hall–Kier alpha value is -2.86. The van der Waals surface area contributed by atoms with E-state index in [-0.39, 0.29) is 11.8 Å². The molecule has 1 heterocycles. The molecule has 3 rings (SSSR count). The second-order valence-electron chi connectivity index (χ2n) is 7.18. The van der Waals surface area contributed by atoms with Gasteiger partial charge in [0.2, 0.25) is 11.8 Å². The fraction of sp³-hybridized carbons (Fsp3) is 0.364. The van der Waals surface area contributed by atoms with Gasteiger partial charge in [0.15, 0.2) is 0 Å². The highest BCUT2D eigenvalue weighted by atomic mass is 16.5. The van der Waals surface area contributed by atoms with Crippen LogP contribution in [0.1, 0.15) is 19.3 Å². The second kappa shape index (κ2) is 9.37. The smallest absolute Gasteiger partial charge is 0.243 e. The number of amides is 2. The highest BCUT2D eigenvalue weighted by molar-refractivity contribution is 6.03. The van der Waals surface area contributed by atoms with Gasteiger partial charge in [-0.25, -0.2) is 0 Å². The molecule has 0 spiro atoms. The molecule has 1 unspecified atom stereocenters. The van der Waals surface area contributed by atoms with E-state index in [1.54, 1.807) is 4.90 Å². The number of ether oxygens (including phenoxy) is 1. The molecule has 1 saturated heterocycles. The average Bonchev–Trinajstić information content (AvgIpc) is 3.08. The van der Waals surface area contributed by atoms with Crippen molar-refractivity contribution in [2.75, 3.05) is 32.1 Å². The van der Waals surface area contributed by atoms with Crippen LogP contribution in [-0.4, -0.2) is 49.9 Å². The fourth-order valence-electron chi connectivity index (χ4n) is 3.28. The summed E-state index contributed by atoms with van der Waals surface area (Å²) in [6.45, 7) is 1.52. The molecular weight excluding hydrogens is 354 g/mol. The summed E-state index contributed by atoms with van der Waals surface area (Å²) >= 11 is 0. The fourth-order valence-corrected chi connectivity index (χ4v) is 3.28. The molecule has 2 aromatic carbocycles. The second-order valence-corrected chi connectivity index (χ2v) is 7.18. The minimum absolute atomic E-state index is 0.0230. The molecular formula is C22H27N3O3. The van der Waals surface area contributed by atoms with E-state index < -0.39 is 6.04 Å². The Kier molecular flexibility index (Phi) is 6.66. The lowest BCUT2D eigenvalue weighted by Crippen LogP contribution is -2.45. The van der Waals surface area contributed by atoms with Crippen LogP contribution in [-0.2, 0) is 9.59 Å². The van der Waals surface area contributed by atoms with E-state index in [0.717, 1.165) is 24.4 Å². The third kappa shape index (κ3) is 5.10. The highest BCUT2D eigenvalue weighted by Gasteiger charge is 2.36. The Morgan fingerprint density at radius 1 is 1.11 bits per heavy atom. The van der Waals surface area contributed by atoms with E-state index in [0.29, 0.717) is 25.1 Å². The number of hydrogen-bond donors (Lipinski definition) is 1. The first-order chi connectivity index (χ1) is 13.5. The van der Waals surface area contributed by atoms with E-state index in [1.807, 2.05) is 68.7 Å². The van der Waals surface area contributed by atoms with Gasteiger partial charge in [0.25, 0.3) is 0 Å². The molecule has 0 aromatic heterocycles. The number of rotatable bonds is 8. The van der Waals surface area contributed by atoms with Crippen molar-refractivity contribution in [1.82, 2.24) is 10.2 Å². The molecule has 148 valence electrons. The van der Waals surface area contributed by atoms with Crippen molar-refractivity contribution in [3.63, 3.8) is 0 Å². The van der Waals surface area contributed by atoms with Crippen LogP contribution in [0, 0.1) is 0 Å². The van der Waals surface area contributed by atoms with E-state index in [2.05, 4.69) is 10.2 Å². The molecule has 1 N–H and O–H groups in total. The Morgan fingerprint density at radius 2 is 1.79 bits per heavy atom. The molecule has 0 bridgehead atoms. The SMILES string of the molecule is CN(C)CCCNC(=O)C1CCC(=O)N1c1ccc(Oc2ccccc2)cc1. The summed E-state index contributed by atoms with van der Waals surface area (Å²) in [5.41, 5.74) is 0.719. The Balaban J connectivity index is 1.63. The number of para-hydroxylation sites is 1. The molecule has 2 amide bonds. The maximum Gasteiger partial charge on any atom is 0.243 e. The first kappa shape index (κ1) is 19.9. The summed E-state index contributed by atoms with van der Waals surface area (Å²) in [7, 11) is 4.01. The van der Waals surface area contributed by atoms with Gasteiger partial charge >= 0.3 is 0 Å². The van der Waals surface area contributed by atoms with Gasteiger partial charge in [0.05, 0.1) is 0 Å². The van der Waals surface area contributed by atoms with Gasteiger partial charge in [-0.3, -0.25) is 14.5 Å². The molecule has 2 aromatic rings. The molecule has 1 fully saturated rings. The Morgan fingerprint density at radius 3 is 2.46 bits per heavy atom. The van der Waals surface area contributed by atoms with Crippen molar-refractivity contribution in [3.8, 4) is 11.5 Å². The maximum absolute atomic E-state index is 12.6. The van der Waals surface area contributed by atoms with Crippen molar-refractivity contribution in [1.29, 1.82) is 0 Å². The van der Waals surface area contributed by atoms with Crippen LogP contribution in [0.3, 0.4) is 0 Å². The third-order valence-corrected chi connectivity index (χ3v) is 4.69. The summed E-state index contributed by atoms with van der Waals surface area (Å²) in [5.74, 6) is 1.33. The lowest BCUT2D eigenvalue weighted by Gasteiger charge is -2.24. The summed E-state index contributed by atoms with van der Waals surface area (Å²) < 4.78 is 5.80. The molecule has 0 saturated carbocycles. The van der Waals surface area contributed by atoms with Gasteiger partial charge in [0, 0.05) is 18.7 Å². The summed E-state index contributed by atoms with van der Waals surface area (Å²) in [5, 5.41) is 2.96. The molecule has 28 heavy (non-hydrogen) atoms. The number of anilines is 1. The van der Waals surface area contributed by atoms with Crippen LogP contribution in [0.25, 0.3) is 0 Å². The van der Waals surface area contributed by atoms with Crippen molar-refractivity contribution in [3.05, 3.63) is 54.6 Å². The van der Waals surface area contributed by atoms with E-state index >= 15 is 0 Å². The van der Waals surface area contributed by atoms with Gasteiger partial charge in [-0.2, -0.15) is 0 Å². The summed E-state index contributed by atoms with van der Waals surface area (Å²) in [6, 6.07) is 16.4. The molecule has 1 aliphatic heterocycles. The Bertz CT molecular complexity index is 790. The van der Waals surface area contributed by atoms with Gasteiger partial charge in [-0.05, 0) is 69.9 Å². The maximum atomic E-state index is 12.6. The minimum atomic E-state index is -0.451. The number of carbonyl (C=O) groups is 2. The van der Waals surface area contributed by atoms with E-state index in [9.17, 15) is 9.59 Å². The first-order valence-corrected chi connectivity index (χ1v) is 9.62. The highest BCUT2D eigenvalue weighted by Crippen LogP contribution is 2.29. The van der Waals surface area contributed by atoms with Crippen LogP contribution in [0.4, 0.5) is 5.69 Å². The van der Waals surface area contributed by atoms with Crippen LogP contribution in [0.15, 0.2) is 54.6 Å². The standard InChI is InChI=1S/C22H27N3O3/c1-24(2)16-6-15-23-22(27)20-13-14-21(26)25(20)17-9-11-19(12-10-17)28-18-7-4-3-5-8-18/h3-5,7-12,20H,6,13-16H2,1-2H3,(H,23,27). The minimum Gasteiger partial charge on any atom is -0.457 e. The molecule has 1 aliphatic rings. The number of hydrogen-bond acceptors (Lipinski definition) is 4. The van der Waals surface area contributed by atoms with Gasteiger partial charge in [-0.15, -0.1) is 0 Å². The van der Waals surface area contributed by atoms with Crippen molar-refractivity contribution in [2.24, 2.45) is 0 Å². The number of nitrogens with one attached hydrogen (secondary N) is 1. The van der Waals surface area contributed by atoms with Crippen LogP contribution < -0.4 is 15.0 Å². The van der Waals surface area contributed by atoms with Crippen molar-refractivity contribution >= 4 is 17.5 Å². The van der Waals surface area contributed by atoms with Crippen molar-refractivity contribution in [2.45, 2.75) is 25.3 Å². The summed E-state index contributed by atoms with van der Waals surface area (Å²) in [4.78, 5) is 28.7. The van der Waals surface area contributed by atoms with Crippen molar-refractivity contribution < 1.29 is 14.3 Å². The van der Waals surface area contributed by atoms with Gasteiger partial charge in [0.1, 0.15) is 17.5 Å². The van der Waals surface area contributed by atoms with Gasteiger partial charge < -0.3 is 15.0 Å². The monoisotopic (exact) mass is 381 g/mol. The Labute approximate surface area is 166 Å². The zero-order valence-corrected chi connectivity index (χ0v) is 16.4. The average molecular weight is 381 g/mol. The van der Waals surface area contributed by atoms with Gasteiger partial charge in [-0.1, -0.05) is 18.2 Å². The normalized spacial score (nSPS) is 16.5. The van der Waals surface area contributed by atoms with Crippen LogP contribution >= 0.6 is 0 Å². The zero-order chi connectivity index (χ0) is 19.9. The molecule has 0 radical (unpaired) electrons. The van der Waals surface area contributed by atoms with Crippen LogP contribution in [0.5, 0.6) is 11.5 Å². The predicted octanol–water partition coefficient (Wildman–Crippen LogP) is 3.04. The number of carbonyl (C=O) groups excluding carboxylic acids is 2. The quantitative estimate of drug-likeness (QED) is 0.714. The largest absolute Gasteiger partial charge is 0.457 e. The van der Waals surface area contributed by atoms with E-state index in [4.69, 9.17) is 4.74 Å². The first-order valence-electron chi connectivity index (χ1n) is 9.62. The third-order valence-electron chi connectivity index (χ3n) is 4.69. The molecule has 6 heteroatoms. The number of benzene rings is 2. The summed E-state index contributed by atoms with van der Waals surface area (Å²) in [6.07, 6.45) is 1.81. The van der Waals surface area contributed by atoms with E-state index in [1.165, 1.54) is 0 Å². The predicted molar refractivity (Wildman–Crippen MR) is 110 cm³/mol. The molecule has 1 atom stereocenters. The topological polar surface area (TPSA) is 61.9 Å². The van der Waals surface area contributed by atoms with Crippen LogP contribution in [0.2, 0.25) is 0 Å². The lowest BCUT2D eigenvalue weighted by molar-refractivity contribution is -0.123. The zero-order valence-electron chi connectivity index (χ0n) is 16.4. The molecule has 0 aliphatic carbocycles. The lowest BCUT2D eigenvalue weighted by atomic mass is 10.2.